The van der Waals surface area contributed by atoms with Crippen LogP contribution in [-0.2, 0) is 0 Å². The van der Waals surface area contributed by atoms with Crippen molar-refractivity contribution in [1.29, 1.82) is 0 Å². The Morgan fingerprint density at radius 3 is 2.50 bits per heavy atom. The molecule has 0 spiro atoms. The fourth-order valence-electron chi connectivity index (χ4n) is 2.67. The Morgan fingerprint density at radius 1 is 1.20 bits per heavy atom. The van der Waals surface area contributed by atoms with E-state index in [4.69, 9.17) is 0 Å². The number of hydrazine groups is 2. The Labute approximate surface area is 126 Å². The van der Waals surface area contributed by atoms with Gasteiger partial charge in [-0.15, -0.1) is 0 Å². The zero-order valence-corrected chi connectivity index (χ0v) is 12.4. The second-order valence-electron chi connectivity index (χ2n) is 4.79. The molecule has 7 nitrogen and oxygen atoms in total. The lowest BCUT2D eigenvalue weighted by atomic mass is 10.1. The van der Waals surface area contributed by atoms with Crippen molar-refractivity contribution in [2.45, 2.75) is 31.5 Å². The van der Waals surface area contributed by atoms with E-state index in [0.717, 1.165) is 19.3 Å². The quantitative estimate of drug-likeness (QED) is 0.666. The highest BCUT2D eigenvalue weighted by Gasteiger charge is 2.35. The highest BCUT2D eigenvalue weighted by molar-refractivity contribution is 8.00. The van der Waals surface area contributed by atoms with Gasteiger partial charge in [-0.3, -0.25) is 9.91 Å². The molecule has 0 aromatic heterocycles. The van der Waals surface area contributed by atoms with Gasteiger partial charge in [0.15, 0.2) is 0 Å². The average molecular weight is 315 g/mol. The van der Waals surface area contributed by atoms with Gasteiger partial charge >= 0.3 is 6.09 Å². The summed E-state index contributed by atoms with van der Waals surface area (Å²) in [6.45, 7) is 0.567. The number of rotatable bonds is 2. The van der Waals surface area contributed by atoms with Gasteiger partial charge in [0.2, 0.25) is 0 Å². The lowest BCUT2D eigenvalue weighted by molar-refractivity contribution is 0.0522. The third-order valence-electron chi connectivity index (χ3n) is 3.63. The van der Waals surface area contributed by atoms with Crippen LogP contribution in [0.1, 0.15) is 19.3 Å². The van der Waals surface area contributed by atoms with E-state index in [2.05, 4.69) is 14.7 Å². The molecule has 1 amide bonds. The van der Waals surface area contributed by atoms with E-state index in [-0.39, 0.29) is 12.2 Å². The molecule has 0 radical (unpaired) electrons. The third kappa shape index (κ3) is 2.85. The number of amides is 1. The van der Waals surface area contributed by atoms with Crippen molar-refractivity contribution in [3.05, 3.63) is 23.2 Å². The van der Waals surface area contributed by atoms with Crippen LogP contribution >= 0.6 is 23.9 Å². The number of hydrogen-bond donors (Lipinski definition) is 3. The minimum Gasteiger partial charge on any atom is -0.465 e. The summed E-state index contributed by atoms with van der Waals surface area (Å²) in [4.78, 5) is 19.4. The standard InChI is InChI=1S/C11H17N5O2S2/c17-11(18)14-3-1-2-9(15-4-6-19-12-15)8-10(14)16-5-7-20-13-16/h4-7,9-10,12-13H,1-3,8H2,(H,17,18). The Hall–Kier alpha value is -1.03. The maximum absolute atomic E-state index is 11.5. The Kier molecular flexibility index (Phi) is 4.29. The normalized spacial score (nSPS) is 30.1. The van der Waals surface area contributed by atoms with E-state index in [1.165, 1.54) is 16.8 Å². The minimum absolute atomic E-state index is 0.188. The SMILES string of the molecule is O=C(O)N1CCCC(N2C=CSN2)CC1N1C=CSN1. The van der Waals surface area contributed by atoms with E-state index in [0.29, 0.717) is 6.54 Å². The van der Waals surface area contributed by atoms with Gasteiger partial charge in [0.25, 0.3) is 0 Å². The number of hydrogen-bond acceptors (Lipinski definition) is 7. The molecule has 0 aromatic carbocycles. The number of likely N-dealkylation sites (tertiary alicyclic amines) is 1. The molecule has 3 N–H and O–H groups in total. The fraction of sp³-hybridized carbons (Fsp3) is 0.545. The summed E-state index contributed by atoms with van der Waals surface area (Å²) >= 11 is 3.00. The first-order valence-corrected chi connectivity index (χ1v) is 8.24. The summed E-state index contributed by atoms with van der Waals surface area (Å²) in [5.74, 6) is 0. The van der Waals surface area contributed by atoms with Crippen molar-refractivity contribution in [3.63, 3.8) is 0 Å². The zero-order chi connectivity index (χ0) is 13.9. The van der Waals surface area contributed by atoms with Crippen molar-refractivity contribution >= 4 is 30.0 Å². The van der Waals surface area contributed by atoms with Gasteiger partial charge in [0.05, 0.1) is 0 Å². The van der Waals surface area contributed by atoms with Crippen LogP contribution in [0.3, 0.4) is 0 Å². The van der Waals surface area contributed by atoms with Crippen LogP contribution in [0.15, 0.2) is 23.2 Å². The van der Waals surface area contributed by atoms with Gasteiger partial charge in [0.1, 0.15) is 6.17 Å². The number of nitrogens with zero attached hydrogens (tertiary/aromatic N) is 3. The van der Waals surface area contributed by atoms with Crippen molar-refractivity contribution < 1.29 is 9.90 Å². The highest BCUT2D eigenvalue weighted by atomic mass is 32.2. The van der Waals surface area contributed by atoms with Gasteiger partial charge < -0.3 is 10.1 Å². The van der Waals surface area contributed by atoms with E-state index < -0.39 is 6.09 Å². The summed E-state index contributed by atoms with van der Waals surface area (Å²) in [5, 5.41) is 17.3. The first-order chi connectivity index (χ1) is 9.75. The van der Waals surface area contributed by atoms with Crippen LogP contribution < -0.4 is 9.66 Å². The fourth-order valence-corrected chi connectivity index (χ4v) is 3.81. The van der Waals surface area contributed by atoms with Gasteiger partial charge in [0, 0.05) is 42.2 Å². The topological polar surface area (TPSA) is 71.1 Å². The van der Waals surface area contributed by atoms with Crippen LogP contribution in [0.25, 0.3) is 0 Å². The van der Waals surface area contributed by atoms with Crippen molar-refractivity contribution in [2.24, 2.45) is 0 Å². The molecular formula is C11H17N5O2S2. The van der Waals surface area contributed by atoms with Crippen LogP contribution in [0, 0.1) is 0 Å². The molecule has 0 saturated carbocycles. The molecule has 3 aliphatic rings. The van der Waals surface area contributed by atoms with Crippen molar-refractivity contribution in [1.82, 2.24) is 24.6 Å². The molecule has 20 heavy (non-hydrogen) atoms. The molecular weight excluding hydrogens is 298 g/mol. The molecule has 2 unspecified atom stereocenters. The summed E-state index contributed by atoms with van der Waals surface area (Å²) in [7, 11) is 0. The average Bonchev–Trinajstić information content (AvgIpc) is 3.09. The maximum Gasteiger partial charge on any atom is 0.408 e. The number of carbonyl (C=O) groups is 1. The van der Waals surface area contributed by atoms with Crippen LogP contribution in [-0.4, -0.2) is 44.9 Å². The van der Waals surface area contributed by atoms with Gasteiger partial charge in [-0.25, -0.2) is 4.79 Å². The Balaban J connectivity index is 1.77. The summed E-state index contributed by atoms with van der Waals surface area (Å²) in [6.07, 6.45) is 5.47. The predicted octanol–water partition coefficient (Wildman–Crippen LogP) is 1.72. The predicted molar refractivity (Wildman–Crippen MR) is 79.6 cm³/mol. The zero-order valence-electron chi connectivity index (χ0n) is 10.8. The molecule has 0 bridgehead atoms. The van der Waals surface area contributed by atoms with Crippen molar-refractivity contribution in [3.8, 4) is 0 Å². The number of carboxylic acid groups (broad SMARTS) is 1. The largest absolute Gasteiger partial charge is 0.465 e. The first kappa shape index (κ1) is 13.9. The Morgan fingerprint density at radius 2 is 1.90 bits per heavy atom. The van der Waals surface area contributed by atoms with Crippen molar-refractivity contribution in [2.75, 3.05) is 6.54 Å². The molecule has 3 rings (SSSR count). The molecule has 110 valence electrons. The van der Waals surface area contributed by atoms with Gasteiger partial charge in [-0.1, -0.05) is 0 Å². The molecule has 1 saturated heterocycles. The lowest BCUT2D eigenvalue weighted by Gasteiger charge is -2.36. The van der Waals surface area contributed by atoms with Crippen LogP contribution in [0.5, 0.6) is 0 Å². The summed E-state index contributed by atoms with van der Waals surface area (Å²) in [6, 6.07) is 0.288. The molecule has 1 fully saturated rings. The van der Waals surface area contributed by atoms with E-state index in [9.17, 15) is 9.90 Å². The molecule has 9 heteroatoms. The molecule has 2 atom stereocenters. The van der Waals surface area contributed by atoms with E-state index in [1.807, 2.05) is 28.2 Å². The lowest BCUT2D eigenvalue weighted by Crippen LogP contribution is -2.52. The summed E-state index contributed by atoms with van der Waals surface area (Å²) < 4.78 is 0. The highest BCUT2D eigenvalue weighted by Crippen LogP contribution is 2.27. The summed E-state index contributed by atoms with van der Waals surface area (Å²) in [5.41, 5.74) is 0. The van der Waals surface area contributed by atoms with Crippen LogP contribution in [0.2, 0.25) is 0 Å². The molecule has 3 aliphatic heterocycles. The van der Waals surface area contributed by atoms with Gasteiger partial charge in [-0.05, 0) is 36.7 Å². The molecule has 0 aromatic rings. The molecule has 3 heterocycles. The third-order valence-corrected chi connectivity index (χ3v) is 4.78. The second kappa shape index (κ2) is 6.17. The first-order valence-electron chi connectivity index (χ1n) is 6.48. The molecule has 0 aliphatic carbocycles. The Bertz CT molecular complexity index is 433. The second-order valence-corrected chi connectivity index (χ2v) is 6.17. The smallest absolute Gasteiger partial charge is 0.408 e. The van der Waals surface area contributed by atoms with E-state index in [1.54, 1.807) is 11.9 Å². The van der Waals surface area contributed by atoms with E-state index >= 15 is 0 Å². The maximum atomic E-state index is 11.5. The monoisotopic (exact) mass is 315 g/mol. The minimum atomic E-state index is -0.859. The number of nitrogens with one attached hydrogen (secondary N) is 2. The van der Waals surface area contributed by atoms with Crippen LogP contribution in [0.4, 0.5) is 4.79 Å². The van der Waals surface area contributed by atoms with Gasteiger partial charge in [-0.2, -0.15) is 9.66 Å².